The number of tetrazole rings is 1. The van der Waals surface area contributed by atoms with Crippen molar-refractivity contribution >= 4 is 5.69 Å². The van der Waals surface area contributed by atoms with Crippen molar-refractivity contribution in [3.05, 3.63) is 66.0 Å². The van der Waals surface area contributed by atoms with Crippen LogP contribution in [0.2, 0.25) is 0 Å². The highest BCUT2D eigenvalue weighted by atomic mass is 16.5. The Kier molecular flexibility index (Phi) is 6.28. The lowest BCUT2D eigenvalue weighted by Gasteiger charge is -2.41. The van der Waals surface area contributed by atoms with Crippen molar-refractivity contribution in [1.29, 1.82) is 0 Å². The van der Waals surface area contributed by atoms with E-state index < -0.39 is 0 Å². The fourth-order valence-electron chi connectivity index (χ4n) is 4.22. The van der Waals surface area contributed by atoms with Crippen LogP contribution in [0.1, 0.15) is 31.3 Å². The van der Waals surface area contributed by atoms with E-state index in [9.17, 15) is 0 Å². The van der Waals surface area contributed by atoms with Crippen LogP contribution < -0.4 is 9.64 Å². The SMILES string of the molecule is COc1ccc(Cn2nnnc2C(C(C)C)N2CCN(c3ccccc3)CC2)cc1. The Labute approximate surface area is 178 Å². The molecule has 1 aliphatic rings. The van der Waals surface area contributed by atoms with Gasteiger partial charge in [-0.15, -0.1) is 5.10 Å². The average Bonchev–Trinajstić information content (AvgIpc) is 3.23. The molecule has 0 N–H and O–H groups in total. The molecule has 2 aromatic carbocycles. The van der Waals surface area contributed by atoms with Crippen molar-refractivity contribution in [2.75, 3.05) is 38.2 Å². The summed E-state index contributed by atoms with van der Waals surface area (Å²) in [6, 6.07) is 18.9. The maximum Gasteiger partial charge on any atom is 0.169 e. The van der Waals surface area contributed by atoms with Gasteiger partial charge in [0.1, 0.15) is 5.75 Å². The highest BCUT2D eigenvalue weighted by Gasteiger charge is 2.31. The Morgan fingerprint density at radius 1 is 0.933 bits per heavy atom. The Hall–Kier alpha value is -2.93. The number of aromatic nitrogens is 4. The molecule has 0 aliphatic carbocycles. The number of nitrogens with zero attached hydrogens (tertiary/aromatic N) is 6. The molecule has 1 aromatic heterocycles. The minimum Gasteiger partial charge on any atom is -0.497 e. The zero-order valence-electron chi connectivity index (χ0n) is 18.0. The molecule has 7 heteroatoms. The first-order chi connectivity index (χ1) is 14.7. The molecule has 0 spiro atoms. The number of methoxy groups -OCH3 is 1. The summed E-state index contributed by atoms with van der Waals surface area (Å²) in [5, 5.41) is 12.8. The van der Waals surface area contributed by atoms with Crippen LogP contribution in [0.25, 0.3) is 0 Å². The van der Waals surface area contributed by atoms with Crippen molar-refractivity contribution in [1.82, 2.24) is 25.1 Å². The van der Waals surface area contributed by atoms with Crippen LogP contribution in [0.15, 0.2) is 54.6 Å². The summed E-state index contributed by atoms with van der Waals surface area (Å²) in [5.74, 6) is 2.20. The molecule has 3 aromatic rings. The monoisotopic (exact) mass is 406 g/mol. The Morgan fingerprint density at radius 3 is 2.27 bits per heavy atom. The summed E-state index contributed by atoms with van der Waals surface area (Å²) in [5.41, 5.74) is 2.45. The van der Waals surface area contributed by atoms with E-state index in [0.29, 0.717) is 12.5 Å². The molecule has 4 rings (SSSR count). The molecule has 1 fully saturated rings. The molecule has 1 aliphatic heterocycles. The lowest BCUT2D eigenvalue weighted by Crippen LogP contribution is -2.49. The van der Waals surface area contributed by atoms with Crippen LogP contribution in [0.4, 0.5) is 5.69 Å². The topological polar surface area (TPSA) is 59.3 Å². The van der Waals surface area contributed by atoms with Gasteiger partial charge in [0.25, 0.3) is 0 Å². The van der Waals surface area contributed by atoms with Crippen molar-refractivity contribution in [2.24, 2.45) is 5.92 Å². The van der Waals surface area contributed by atoms with Gasteiger partial charge in [0.2, 0.25) is 0 Å². The van der Waals surface area contributed by atoms with E-state index in [2.05, 4.69) is 81.6 Å². The maximum atomic E-state index is 5.26. The van der Waals surface area contributed by atoms with Crippen LogP contribution in [0.3, 0.4) is 0 Å². The summed E-state index contributed by atoms with van der Waals surface area (Å²) < 4.78 is 7.20. The summed E-state index contributed by atoms with van der Waals surface area (Å²) >= 11 is 0. The number of hydrogen-bond donors (Lipinski definition) is 0. The lowest BCUT2D eigenvalue weighted by molar-refractivity contribution is 0.135. The summed E-state index contributed by atoms with van der Waals surface area (Å²) in [6.07, 6.45) is 0. The summed E-state index contributed by atoms with van der Waals surface area (Å²) in [4.78, 5) is 4.98. The molecule has 1 unspecified atom stereocenters. The molecule has 0 saturated carbocycles. The first kappa shape index (κ1) is 20.3. The number of rotatable bonds is 7. The molecule has 2 heterocycles. The third-order valence-corrected chi connectivity index (χ3v) is 5.78. The molecule has 0 radical (unpaired) electrons. The maximum absolute atomic E-state index is 5.26. The number of benzene rings is 2. The average molecular weight is 407 g/mol. The fourth-order valence-corrected chi connectivity index (χ4v) is 4.22. The zero-order chi connectivity index (χ0) is 20.9. The molecular formula is C23H30N6O. The van der Waals surface area contributed by atoms with E-state index in [-0.39, 0.29) is 6.04 Å². The van der Waals surface area contributed by atoms with Gasteiger partial charge >= 0.3 is 0 Å². The third-order valence-electron chi connectivity index (χ3n) is 5.78. The number of para-hydroxylation sites is 1. The van der Waals surface area contributed by atoms with Crippen molar-refractivity contribution in [3.8, 4) is 5.75 Å². The fraction of sp³-hybridized carbons (Fsp3) is 0.435. The van der Waals surface area contributed by atoms with Crippen molar-refractivity contribution in [3.63, 3.8) is 0 Å². The van der Waals surface area contributed by atoms with Gasteiger partial charge in [-0.2, -0.15) is 0 Å². The number of anilines is 1. The van der Waals surface area contributed by atoms with E-state index in [0.717, 1.165) is 43.3 Å². The van der Waals surface area contributed by atoms with Gasteiger partial charge in [-0.05, 0) is 46.2 Å². The largest absolute Gasteiger partial charge is 0.497 e. The Morgan fingerprint density at radius 2 is 1.63 bits per heavy atom. The minimum absolute atomic E-state index is 0.191. The molecule has 1 saturated heterocycles. The van der Waals surface area contributed by atoms with Crippen LogP contribution in [0.5, 0.6) is 5.75 Å². The van der Waals surface area contributed by atoms with Gasteiger partial charge < -0.3 is 9.64 Å². The second-order valence-corrected chi connectivity index (χ2v) is 8.09. The molecule has 158 valence electrons. The van der Waals surface area contributed by atoms with E-state index in [1.165, 1.54) is 5.69 Å². The second kappa shape index (κ2) is 9.26. The second-order valence-electron chi connectivity index (χ2n) is 8.09. The minimum atomic E-state index is 0.191. The van der Waals surface area contributed by atoms with Gasteiger partial charge in [0.05, 0.1) is 19.7 Å². The number of ether oxygens (including phenoxy) is 1. The van der Waals surface area contributed by atoms with Gasteiger partial charge in [0, 0.05) is 31.9 Å². The zero-order valence-corrected chi connectivity index (χ0v) is 18.0. The summed E-state index contributed by atoms with van der Waals surface area (Å²) in [7, 11) is 1.68. The Balaban J connectivity index is 1.48. The van der Waals surface area contributed by atoms with E-state index in [4.69, 9.17) is 4.74 Å². The predicted octanol–water partition coefficient (Wildman–Crippen LogP) is 3.25. The van der Waals surface area contributed by atoms with Crippen LogP contribution >= 0.6 is 0 Å². The quantitative estimate of drug-likeness (QED) is 0.600. The van der Waals surface area contributed by atoms with Gasteiger partial charge in [-0.3, -0.25) is 4.90 Å². The lowest BCUT2D eigenvalue weighted by atomic mass is 10.0. The predicted molar refractivity (Wildman–Crippen MR) is 118 cm³/mol. The van der Waals surface area contributed by atoms with Crippen LogP contribution in [-0.4, -0.2) is 58.4 Å². The molecule has 0 bridgehead atoms. The van der Waals surface area contributed by atoms with Gasteiger partial charge in [0.15, 0.2) is 5.82 Å². The summed E-state index contributed by atoms with van der Waals surface area (Å²) in [6.45, 7) is 9.15. The molecule has 0 amide bonds. The highest BCUT2D eigenvalue weighted by molar-refractivity contribution is 5.46. The molecule has 30 heavy (non-hydrogen) atoms. The van der Waals surface area contributed by atoms with Crippen molar-refractivity contribution < 1.29 is 4.74 Å². The number of hydrogen-bond acceptors (Lipinski definition) is 6. The first-order valence-electron chi connectivity index (χ1n) is 10.6. The van der Waals surface area contributed by atoms with E-state index in [1.807, 2.05) is 16.8 Å². The van der Waals surface area contributed by atoms with E-state index >= 15 is 0 Å². The smallest absolute Gasteiger partial charge is 0.169 e. The van der Waals surface area contributed by atoms with Gasteiger partial charge in [-0.25, -0.2) is 4.68 Å². The first-order valence-corrected chi connectivity index (χ1v) is 10.6. The Bertz CT molecular complexity index is 916. The van der Waals surface area contributed by atoms with E-state index in [1.54, 1.807) is 7.11 Å². The normalized spacial score (nSPS) is 16.1. The van der Waals surface area contributed by atoms with Crippen molar-refractivity contribution in [2.45, 2.75) is 26.4 Å². The highest BCUT2D eigenvalue weighted by Crippen LogP contribution is 2.29. The van der Waals surface area contributed by atoms with Crippen LogP contribution in [0, 0.1) is 5.92 Å². The van der Waals surface area contributed by atoms with Gasteiger partial charge in [-0.1, -0.05) is 44.2 Å². The number of piperazine rings is 1. The molecular weight excluding hydrogens is 376 g/mol. The standard InChI is InChI=1S/C23H30N6O/c1-18(2)22(28-15-13-27(14-16-28)20-7-5-4-6-8-20)23-24-25-26-29(23)17-19-9-11-21(30-3)12-10-19/h4-12,18,22H,13-17H2,1-3H3. The van der Waals surface area contributed by atoms with Crippen LogP contribution in [-0.2, 0) is 6.54 Å². The molecule has 7 nitrogen and oxygen atoms in total. The third kappa shape index (κ3) is 4.46. The molecule has 1 atom stereocenters.